The fourth-order valence-corrected chi connectivity index (χ4v) is 5.35. The molecule has 0 aromatic heterocycles. The van der Waals surface area contributed by atoms with Gasteiger partial charge in [-0.2, -0.15) is 0 Å². The number of unbranched alkanes of at least 4 members (excludes halogenated alkanes) is 1. The SMILES string of the molecule is CCCCOP(=O)(NC=S)SC(C)CC. The highest BCUT2D eigenvalue weighted by Gasteiger charge is 2.25. The molecule has 0 spiro atoms. The van der Waals surface area contributed by atoms with E-state index in [-0.39, 0.29) is 0 Å². The summed E-state index contributed by atoms with van der Waals surface area (Å²) in [5.41, 5.74) is 1.28. The van der Waals surface area contributed by atoms with Crippen LogP contribution in [-0.2, 0) is 9.09 Å². The molecule has 2 unspecified atom stereocenters. The van der Waals surface area contributed by atoms with Crippen molar-refractivity contribution >= 4 is 35.8 Å². The van der Waals surface area contributed by atoms with E-state index in [1.165, 1.54) is 16.9 Å². The Hall–Kier alpha value is 0.430. The van der Waals surface area contributed by atoms with Gasteiger partial charge in [-0.05, 0) is 24.2 Å². The van der Waals surface area contributed by atoms with Crippen LogP contribution in [0.4, 0.5) is 0 Å². The monoisotopic (exact) mass is 269 g/mol. The summed E-state index contributed by atoms with van der Waals surface area (Å²) in [4.78, 5) is 0. The molecular formula is C9H20NO2PS2. The minimum Gasteiger partial charge on any atom is -0.306 e. The Kier molecular flexibility index (Phi) is 8.81. The topological polar surface area (TPSA) is 38.3 Å². The summed E-state index contributed by atoms with van der Waals surface area (Å²) in [5, 5.41) is 2.97. The fraction of sp³-hybridized carbons (Fsp3) is 0.889. The number of nitrogens with one attached hydrogen (secondary N) is 1. The highest BCUT2D eigenvalue weighted by molar-refractivity contribution is 8.56. The molecule has 6 heteroatoms. The van der Waals surface area contributed by atoms with E-state index in [0.29, 0.717) is 11.9 Å². The van der Waals surface area contributed by atoms with Gasteiger partial charge in [0.05, 0.1) is 12.1 Å². The Morgan fingerprint density at radius 1 is 1.60 bits per heavy atom. The second-order valence-corrected chi connectivity index (χ2v) is 8.09. The average Bonchev–Trinajstić information content (AvgIpc) is 2.18. The first-order valence-corrected chi connectivity index (χ1v) is 8.80. The van der Waals surface area contributed by atoms with Gasteiger partial charge in [-0.15, -0.1) is 0 Å². The van der Waals surface area contributed by atoms with Crippen molar-refractivity contribution in [1.82, 2.24) is 5.09 Å². The molecule has 2 atom stereocenters. The summed E-state index contributed by atoms with van der Waals surface area (Å²) in [7, 11) is 0. The molecule has 0 amide bonds. The van der Waals surface area contributed by atoms with Crippen molar-refractivity contribution in [3.63, 3.8) is 0 Å². The van der Waals surface area contributed by atoms with Gasteiger partial charge in [-0.3, -0.25) is 4.57 Å². The largest absolute Gasteiger partial charge is 0.351 e. The van der Waals surface area contributed by atoms with Crippen LogP contribution < -0.4 is 5.09 Å². The predicted molar refractivity (Wildman–Crippen MR) is 72.6 cm³/mol. The highest BCUT2D eigenvalue weighted by Crippen LogP contribution is 2.57. The Bertz CT molecular complexity index is 226. The summed E-state index contributed by atoms with van der Waals surface area (Å²) in [5.74, 6) is 0. The molecule has 0 bridgehead atoms. The molecule has 0 saturated carbocycles. The van der Waals surface area contributed by atoms with E-state index in [1.54, 1.807) is 0 Å². The predicted octanol–water partition coefficient (Wildman–Crippen LogP) is 3.99. The molecule has 0 saturated heterocycles. The normalized spacial score (nSPS) is 16.7. The number of thiocarbonyl (C=S) groups is 1. The zero-order chi connectivity index (χ0) is 11.7. The Morgan fingerprint density at radius 3 is 2.73 bits per heavy atom. The maximum absolute atomic E-state index is 12.2. The van der Waals surface area contributed by atoms with Crippen molar-refractivity contribution in [3.8, 4) is 0 Å². The minimum absolute atomic E-state index is 0.305. The number of rotatable bonds is 9. The van der Waals surface area contributed by atoms with Crippen LogP contribution in [0.3, 0.4) is 0 Å². The molecule has 0 aliphatic carbocycles. The van der Waals surface area contributed by atoms with Gasteiger partial charge in [0.1, 0.15) is 0 Å². The van der Waals surface area contributed by atoms with Crippen LogP contribution in [0.2, 0.25) is 0 Å². The summed E-state index contributed by atoms with van der Waals surface area (Å²) in [6.45, 7) is 3.87. The molecule has 0 aliphatic rings. The first-order valence-electron chi connectivity index (χ1n) is 5.22. The van der Waals surface area contributed by atoms with Gasteiger partial charge in [-0.1, -0.05) is 39.4 Å². The first-order chi connectivity index (χ1) is 7.08. The molecule has 0 heterocycles. The van der Waals surface area contributed by atoms with Crippen molar-refractivity contribution in [3.05, 3.63) is 0 Å². The Morgan fingerprint density at radius 2 is 2.27 bits per heavy atom. The molecule has 0 rings (SSSR count). The first kappa shape index (κ1) is 15.4. The third-order valence-corrected chi connectivity index (χ3v) is 6.64. The van der Waals surface area contributed by atoms with E-state index in [1.807, 2.05) is 6.92 Å². The van der Waals surface area contributed by atoms with Gasteiger partial charge < -0.3 is 9.61 Å². The number of hydrogen-bond acceptors (Lipinski definition) is 4. The molecule has 0 aliphatic heterocycles. The van der Waals surface area contributed by atoms with Gasteiger partial charge in [0.15, 0.2) is 0 Å². The Labute approximate surface area is 102 Å². The van der Waals surface area contributed by atoms with Crippen molar-refractivity contribution in [2.45, 2.75) is 45.3 Å². The van der Waals surface area contributed by atoms with E-state index in [9.17, 15) is 4.57 Å². The van der Waals surface area contributed by atoms with Gasteiger partial charge in [-0.25, -0.2) is 0 Å². The van der Waals surface area contributed by atoms with E-state index >= 15 is 0 Å². The minimum atomic E-state index is -2.81. The summed E-state index contributed by atoms with van der Waals surface area (Å²) in [6, 6.07) is 0. The zero-order valence-electron chi connectivity index (χ0n) is 9.56. The lowest BCUT2D eigenvalue weighted by atomic mass is 10.4. The number of hydrogen-bond donors (Lipinski definition) is 1. The quantitative estimate of drug-likeness (QED) is 0.389. The standard InChI is InChI=1S/C9H20NO2PS2/c1-4-6-7-12-13(11,10-8-14)15-9(3)5-2/h8-9H,4-7H2,1-3H3,(H,10,11,14). The van der Waals surface area contributed by atoms with Gasteiger partial charge >= 0.3 is 6.72 Å². The summed E-state index contributed by atoms with van der Waals surface area (Å²) in [6.07, 6.45) is 2.92. The van der Waals surface area contributed by atoms with Gasteiger partial charge in [0, 0.05) is 5.25 Å². The van der Waals surface area contributed by atoms with Crippen LogP contribution in [0.15, 0.2) is 0 Å². The molecule has 0 aromatic rings. The summed E-state index contributed by atoms with van der Waals surface area (Å²) >= 11 is 6.01. The molecule has 0 radical (unpaired) electrons. The smallest absolute Gasteiger partial charge is 0.306 e. The van der Waals surface area contributed by atoms with E-state index < -0.39 is 6.72 Å². The van der Waals surface area contributed by atoms with Gasteiger partial charge in [0.25, 0.3) is 0 Å². The molecule has 0 aromatic carbocycles. The lowest BCUT2D eigenvalue weighted by Gasteiger charge is -2.19. The average molecular weight is 269 g/mol. The van der Waals surface area contributed by atoms with Crippen LogP contribution in [0.25, 0.3) is 0 Å². The van der Waals surface area contributed by atoms with Crippen LogP contribution in [0.5, 0.6) is 0 Å². The highest BCUT2D eigenvalue weighted by atomic mass is 32.7. The van der Waals surface area contributed by atoms with Crippen LogP contribution >= 0.6 is 30.3 Å². The molecule has 3 nitrogen and oxygen atoms in total. The second-order valence-electron chi connectivity index (χ2n) is 3.26. The lowest BCUT2D eigenvalue weighted by molar-refractivity contribution is 0.314. The third kappa shape index (κ3) is 7.34. The molecular weight excluding hydrogens is 249 g/mol. The Balaban J connectivity index is 4.18. The summed E-state index contributed by atoms with van der Waals surface area (Å²) < 4.78 is 17.6. The zero-order valence-corrected chi connectivity index (χ0v) is 12.1. The maximum atomic E-state index is 12.2. The maximum Gasteiger partial charge on any atom is 0.351 e. The molecule has 15 heavy (non-hydrogen) atoms. The van der Waals surface area contributed by atoms with Crippen molar-refractivity contribution in [2.24, 2.45) is 0 Å². The van der Waals surface area contributed by atoms with Gasteiger partial charge in [0.2, 0.25) is 0 Å². The van der Waals surface area contributed by atoms with Crippen molar-refractivity contribution in [2.75, 3.05) is 6.61 Å². The van der Waals surface area contributed by atoms with E-state index in [0.717, 1.165) is 19.3 Å². The molecule has 1 N–H and O–H groups in total. The molecule has 90 valence electrons. The van der Waals surface area contributed by atoms with Crippen molar-refractivity contribution < 1.29 is 9.09 Å². The van der Waals surface area contributed by atoms with Crippen molar-refractivity contribution in [1.29, 1.82) is 0 Å². The fourth-order valence-electron chi connectivity index (χ4n) is 0.803. The van der Waals surface area contributed by atoms with E-state index in [2.05, 4.69) is 31.2 Å². The second kappa shape index (κ2) is 8.57. The van der Waals surface area contributed by atoms with Crippen LogP contribution in [0, 0.1) is 0 Å². The molecule has 0 fully saturated rings. The van der Waals surface area contributed by atoms with Crippen LogP contribution in [-0.4, -0.2) is 17.3 Å². The lowest BCUT2D eigenvalue weighted by Crippen LogP contribution is -2.09. The van der Waals surface area contributed by atoms with Crippen LogP contribution in [0.1, 0.15) is 40.0 Å². The third-order valence-electron chi connectivity index (χ3n) is 1.86. The van der Waals surface area contributed by atoms with E-state index in [4.69, 9.17) is 4.52 Å².